The van der Waals surface area contributed by atoms with E-state index in [-0.39, 0.29) is 28.1 Å². The number of aryl methyl sites for hydroxylation is 1. The van der Waals surface area contributed by atoms with E-state index in [4.69, 9.17) is 4.42 Å². The Labute approximate surface area is 145 Å². The van der Waals surface area contributed by atoms with Crippen molar-refractivity contribution < 1.29 is 19.7 Å². The molecular formula is C20H22O5. The Hall–Kier alpha value is -2.95. The SMILES string of the molecule is CC.CCc1cc(O)c2c(=O)c(C)c(-c3ccc(O)c(O)c3)oc2c1. The maximum Gasteiger partial charge on any atom is 0.199 e. The van der Waals surface area contributed by atoms with Gasteiger partial charge >= 0.3 is 0 Å². The molecular weight excluding hydrogens is 320 g/mol. The molecule has 0 aliphatic heterocycles. The van der Waals surface area contributed by atoms with Crippen LogP contribution in [-0.4, -0.2) is 15.3 Å². The van der Waals surface area contributed by atoms with Crippen LogP contribution in [0, 0.1) is 6.92 Å². The topological polar surface area (TPSA) is 90.9 Å². The Balaban J connectivity index is 0.00000109. The molecule has 0 atom stereocenters. The summed E-state index contributed by atoms with van der Waals surface area (Å²) in [7, 11) is 0. The molecule has 5 nitrogen and oxygen atoms in total. The van der Waals surface area contributed by atoms with Crippen LogP contribution in [0.1, 0.15) is 31.9 Å². The Kier molecular flexibility index (Phi) is 5.37. The fourth-order valence-corrected chi connectivity index (χ4v) is 2.59. The summed E-state index contributed by atoms with van der Waals surface area (Å²) >= 11 is 0. The van der Waals surface area contributed by atoms with Crippen molar-refractivity contribution >= 4 is 11.0 Å². The summed E-state index contributed by atoms with van der Waals surface area (Å²) in [5, 5.41) is 29.3. The van der Waals surface area contributed by atoms with E-state index in [1.54, 1.807) is 25.1 Å². The minimum absolute atomic E-state index is 0.101. The average molecular weight is 342 g/mol. The number of fused-ring (bicyclic) bond motifs is 1. The van der Waals surface area contributed by atoms with Gasteiger partial charge in [-0.2, -0.15) is 0 Å². The third-order valence-electron chi connectivity index (χ3n) is 3.91. The second-order valence-corrected chi connectivity index (χ2v) is 5.43. The third kappa shape index (κ3) is 3.31. The number of hydrogen-bond acceptors (Lipinski definition) is 5. The summed E-state index contributed by atoms with van der Waals surface area (Å²) in [5.74, 6) is -0.350. The summed E-state index contributed by atoms with van der Waals surface area (Å²) in [4.78, 5) is 12.6. The largest absolute Gasteiger partial charge is 0.507 e. The van der Waals surface area contributed by atoms with Crippen LogP contribution in [0.3, 0.4) is 0 Å². The van der Waals surface area contributed by atoms with Gasteiger partial charge < -0.3 is 19.7 Å². The quantitative estimate of drug-likeness (QED) is 0.598. The maximum atomic E-state index is 12.6. The number of phenolic OH excluding ortho intramolecular Hbond substituents is 3. The minimum atomic E-state index is -0.325. The zero-order valence-corrected chi connectivity index (χ0v) is 14.8. The minimum Gasteiger partial charge on any atom is -0.507 e. The standard InChI is InChI=1S/C18H16O5.C2H6/c1-3-10-6-14(21)16-15(7-10)23-18(9(2)17(16)22)11-4-5-12(19)13(20)8-11;1-2/h4-8,19-21H,3H2,1-2H3;1-2H3. The van der Waals surface area contributed by atoms with Crippen LogP contribution in [0.4, 0.5) is 0 Å². The molecule has 0 unspecified atom stereocenters. The molecule has 0 aliphatic carbocycles. The molecule has 0 spiro atoms. The van der Waals surface area contributed by atoms with Crippen molar-refractivity contribution in [2.24, 2.45) is 0 Å². The highest BCUT2D eigenvalue weighted by Gasteiger charge is 2.17. The highest BCUT2D eigenvalue weighted by molar-refractivity contribution is 5.86. The van der Waals surface area contributed by atoms with Gasteiger partial charge in [-0.25, -0.2) is 0 Å². The Morgan fingerprint density at radius 3 is 2.24 bits per heavy atom. The van der Waals surface area contributed by atoms with Gasteiger partial charge in [0, 0.05) is 11.1 Å². The van der Waals surface area contributed by atoms with E-state index in [0.29, 0.717) is 28.9 Å². The van der Waals surface area contributed by atoms with Crippen LogP contribution in [0.15, 0.2) is 39.5 Å². The van der Waals surface area contributed by atoms with Crippen molar-refractivity contribution in [3.8, 4) is 28.6 Å². The molecule has 3 rings (SSSR count). The van der Waals surface area contributed by atoms with Crippen LogP contribution in [-0.2, 0) is 6.42 Å². The van der Waals surface area contributed by atoms with Crippen molar-refractivity contribution in [3.05, 3.63) is 51.7 Å². The second kappa shape index (κ2) is 7.30. The van der Waals surface area contributed by atoms with Gasteiger partial charge in [0.15, 0.2) is 16.9 Å². The van der Waals surface area contributed by atoms with Gasteiger partial charge in [-0.3, -0.25) is 4.79 Å². The van der Waals surface area contributed by atoms with E-state index in [2.05, 4.69) is 0 Å². The number of phenols is 3. The van der Waals surface area contributed by atoms with Gasteiger partial charge in [-0.05, 0) is 49.2 Å². The molecule has 0 saturated carbocycles. The summed E-state index contributed by atoms with van der Waals surface area (Å²) < 4.78 is 5.82. The van der Waals surface area contributed by atoms with Gasteiger partial charge in [-0.1, -0.05) is 20.8 Å². The van der Waals surface area contributed by atoms with E-state index in [1.165, 1.54) is 12.1 Å². The number of hydrogen-bond donors (Lipinski definition) is 3. The summed E-state index contributed by atoms with van der Waals surface area (Å²) in [6, 6.07) is 7.49. The van der Waals surface area contributed by atoms with Gasteiger partial charge in [0.05, 0.1) is 0 Å². The lowest BCUT2D eigenvalue weighted by Crippen LogP contribution is -2.07. The zero-order valence-electron chi connectivity index (χ0n) is 14.8. The lowest BCUT2D eigenvalue weighted by molar-refractivity contribution is 0.404. The fraction of sp³-hybridized carbons (Fsp3) is 0.250. The zero-order chi connectivity index (χ0) is 18.7. The normalized spacial score (nSPS) is 10.4. The molecule has 2 aromatic carbocycles. The first-order chi connectivity index (χ1) is 11.9. The van der Waals surface area contributed by atoms with Crippen molar-refractivity contribution in [3.63, 3.8) is 0 Å². The number of rotatable bonds is 2. The molecule has 0 aliphatic rings. The predicted molar refractivity (Wildman–Crippen MR) is 98.4 cm³/mol. The Bertz CT molecular complexity index is 970. The van der Waals surface area contributed by atoms with Crippen LogP contribution < -0.4 is 5.43 Å². The number of aromatic hydroxyl groups is 3. The molecule has 25 heavy (non-hydrogen) atoms. The first-order valence-electron chi connectivity index (χ1n) is 8.24. The average Bonchev–Trinajstić information content (AvgIpc) is 2.61. The Morgan fingerprint density at radius 1 is 0.960 bits per heavy atom. The summed E-state index contributed by atoms with van der Waals surface area (Å²) in [6.07, 6.45) is 0.691. The van der Waals surface area contributed by atoms with E-state index < -0.39 is 0 Å². The molecule has 0 bridgehead atoms. The van der Waals surface area contributed by atoms with Gasteiger partial charge in [0.25, 0.3) is 0 Å². The Morgan fingerprint density at radius 2 is 1.64 bits per heavy atom. The molecule has 0 radical (unpaired) electrons. The van der Waals surface area contributed by atoms with Gasteiger partial charge in [-0.15, -0.1) is 0 Å². The third-order valence-corrected chi connectivity index (χ3v) is 3.91. The van der Waals surface area contributed by atoms with Gasteiger partial charge in [0.1, 0.15) is 22.5 Å². The van der Waals surface area contributed by atoms with Crippen LogP contribution >= 0.6 is 0 Å². The van der Waals surface area contributed by atoms with Gasteiger partial charge in [0.2, 0.25) is 0 Å². The fourth-order valence-electron chi connectivity index (χ4n) is 2.59. The molecule has 132 valence electrons. The van der Waals surface area contributed by atoms with Crippen LogP contribution in [0.5, 0.6) is 17.2 Å². The highest BCUT2D eigenvalue weighted by Crippen LogP contribution is 2.34. The number of benzene rings is 2. The van der Waals surface area contributed by atoms with E-state index in [9.17, 15) is 20.1 Å². The van der Waals surface area contributed by atoms with Crippen molar-refractivity contribution in [2.45, 2.75) is 34.1 Å². The van der Waals surface area contributed by atoms with E-state index in [0.717, 1.165) is 5.56 Å². The summed E-state index contributed by atoms with van der Waals surface area (Å²) in [5.41, 5.74) is 1.61. The van der Waals surface area contributed by atoms with Crippen molar-refractivity contribution in [1.82, 2.24) is 0 Å². The van der Waals surface area contributed by atoms with Crippen LogP contribution in [0.25, 0.3) is 22.3 Å². The van der Waals surface area contributed by atoms with E-state index in [1.807, 2.05) is 20.8 Å². The van der Waals surface area contributed by atoms with E-state index >= 15 is 0 Å². The maximum absolute atomic E-state index is 12.6. The predicted octanol–water partition coefficient (Wildman–Crippen LogP) is 4.47. The highest BCUT2D eigenvalue weighted by atomic mass is 16.3. The first kappa shape index (κ1) is 18.4. The first-order valence-corrected chi connectivity index (χ1v) is 8.24. The lowest BCUT2D eigenvalue weighted by Gasteiger charge is -2.10. The van der Waals surface area contributed by atoms with Crippen molar-refractivity contribution in [2.75, 3.05) is 0 Å². The monoisotopic (exact) mass is 342 g/mol. The molecule has 0 fully saturated rings. The van der Waals surface area contributed by atoms with Crippen LogP contribution in [0.2, 0.25) is 0 Å². The molecule has 3 aromatic rings. The molecule has 1 aromatic heterocycles. The lowest BCUT2D eigenvalue weighted by atomic mass is 10.0. The van der Waals surface area contributed by atoms with Crippen molar-refractivity contribution in [1.29, 1.82) is 0 Å². The smallest absolute Gasteiger partial charge is 0.199 e. The molecule has 3 N–H and O–H groups in total. The second-order valence-electron chi connectivity index (χ2n) is 5.43. The molecule has 5 heteroatoms. The molecule has 0 amide bonds. The molecule has 1 heterocycles. The molecule has 0 saturated heterocycles. The summed E-state index contributed by atoms with van der Waals surface area (Å²) in [6.45, 7) is 7.53.